The number of hydrogen-bond donors (Lipinski definition) is 2. The van der Waals surface area contributed by atoms with E-state index in [1.165, 1.54) is 12.3 Å². The number of para-hydroxylation sites is 1. The van der Waals surface area contributed by atoms with Crippen molar-refractivity contribution in [2.24, 2.45) is 5.92 Å². The first-order valence-electron chi connectivity index (χ1n) is 12.2. The van der Waals surface area contributed by atoms with E-state index in [1.807, 2.05) is 43.0 Å². The second-order valence-corrected chi connectivity index (χ2v) is 11.7. The maximum Gasteiger partial charge on any atom is 0.269 e. The predicted octanol–water partition coefficient (Wildman–Crippen LogP) is 3.97. The van der Waals surface area contributed by atoms with Gasteiger partial charge in [0, 0.05) is 23.8 Å². The zero-order valence-corrected chi connectivity index (χ0v) is 22.4. The second-order valence-electron chi connectivity index (χ2n) is 10.0. The monoisotopic (exact) mass is 524 g/mol. The maximum absolute atomic E-state index is 13.4. The van der Waals surface area contributed by atoms with Crippen LogP contribution in [0.4, 0.5) is 5.82 Å². The Balaban J connectivity index is 1.81. The zero-order valence-electron chi connectivity index (χ0n) is 21.6. The third-order valence-corrected chi connectivity index (χ3v) is 8.24. The quantitative estimate of drug-likeness (QED) is 0.480. The molecule has 9 nitrogen and oxygen atoms in total. The van der Waals surface area contributed by atoms with Gasteiger partial charge in [-0.1, -0.05) is 19.1 Å². The Labute approximate surface area is 217 Å². The van der Waals surface area contributed by atoms with Gasteiger partial charge in [0.15, 0.2) is 4.90 Å². The van der Waals surface area contributed by atoms with Gasteiger partial charge in [0.1, 0.15) is 11.6 Å². The van der Waals surface area contributed by atoms with Crippen molar-refractivity contribution in [3.05, 3.63) is 70.6 Å². The lowest BCUT2D eigenvalue weighted by molar-refractivity contribution is 0.0981. The molecule has 1 aliphatic heterocycles. The van der Waals surface area contributed by atoms with Gasteiger partial charge in [-0.3, -0.25) is 9.59 Å². The Hall–Kier alpha value is -3.66. The largest absolute Gasteiger partial charge is 0.490 e. The highest BCUT2D eigenvalue weighted by molar-refractivity contribution is 7.90. The van der Waals surface area contributed by atoms with E-state index in [0.29, 0.717) is 29.7 Å². The summed E-state index contributed by atoms with van der Waals surface area (Å²) in [7, 11) is -4.41. The van der Waals surface area contributed by atoms with Gasteiger partial charge in [-0.25, -0.2) is 18.1 Å². The molecule has 1 unspecified atom stereocenters. The SMILES string of the molecule is CC(C)Oc1ccccc1-c1ccc(C(=O)NS(=O)(=O)c2ccc[nH]c2=O)c(N2CCC(C)C2(C)C)n1. The minimum Gasteiger partial charge on any atom is -0.490 e. The van der Waals surface area contributed by atoms with E-state index < -0.39 is 26.4 Å². The molecular weight excluding hydrogens is 492 g/mol. The fourth-order valence-electron chi connectivity index (χ4n) is 4.48. The first-order valence-corrected chi connectivity index (χ1v) is 13.7. The summed E-state index contributed by atoms with van der Waals surface area (Å²) >= 11 is 0. The molecule has 0 radical (unpaired) electrons. The first-order chi connectivity index (χ1) is 17.4. The van der Waals surface area contributed by atoms with Gasteiger partial charge in [-0.2, -0.15) is 0 Å². The molecule has 1 saturated heterocycles. The third kappa shape index (κ3) is 5.24. The maximum atomic E-state index is 13.4. The highest BCUT2D eigenvalue weighted by atomic mass is 32.2. The molecule has 1 amide bonds. The molecule has 0 bridgehead atoms. The molecule has 1 atom stereocenters. The van der Waals surface area contributed by atoms with E-state index in [4.69, 9.17) is 9.72 Å². The molecule has 0 aliphatic carbocycles. The van der Waals surface area contributed by atoms with Crippen molar-refractivity contribution in [3.63, 3.8) is 0 Å². The molecule has 10 heteroatoms. The van der Waals surface area contributed by atoms with Gasteiger partial charge in [0.05, 0.1) is 17.4 Å². The van der Waals surface area contributed by atoms with Gasteiger partial charge in [0.25, 0.3) is 21.5 Å². The summed E-state index contributed by atoms with van der Waals surface area (Å²) in [4.78, 5) is 34.2. The van der Waals surface area contributed by atoms with E-state index >= 15 is 0 Å². The van der Waals surface area contributed by atoms with Gasteiger partial charge < -0.3 is 14.6 Å². The molecule has 0 spiro atoms. The van der Waals surface area contributed by atoms with E-state index in [0.717, 1.165) is 18.1 Å². The van der Waals surface area contributed by atoms with Crippen molar-refractivity contribution in [3.8, 4) is 17.0 Å². The average Bonchev–Trinajstić information content (AvgIpc) is 3.10. The van der Waals surface area contributed by atoms with Gasteiger partial charge >= 0.3 is 0 Å². The molecule has 37 heavy (non-hydrogen) atoms. The minimum atomic E-state index is -4.41. The fourth-order valence-corrected chi connectivity index (χ4v) is 5.50. The summed E-state index contributed by atoms with van der Waals surface area (Å²) in [6.07, 6.45) is 2.17. The van der Waals surface area contributed by atoms with Crippen LogP contribution in [0.2, 0.25) is 0 Å². The molecule has 1 fully saturated rings. The van der Waals surface area contributed by atoms with Crippen molar-refractivity contribution >= 4 is 21.7 Å². The lowest BCUT2D eigenvalue weighted by Crippen LogP contribution is -2.44. The first kappa shape index (κ1) is 26.4. The van der Waals surface area contributed by atoms with Crippen molar-refractivity contribution in [2.75, 3.05) is 11.4 Å². The lowest BCUT2D eigenvalue weighted by atomic mass is 9.90. The molecular formula is C27H32N4O5S. The Kier molecular flexibility index (Phi) is 7.14. The van der Waals surface area contributed by atoms with Gasteiger partial charge in [-0.05, 0) is 76.4 Å². The average molecular weight is 525 g/mol. The zero-order chi connectivity index (χ0) is 27.0. The molecule has 2 N–H and O–H groups in total. The second kappa shape index (κ2) is 10.0. The molecule has 1 aliphatic rings. The predicted molar refractivity (Wildman–Crippen MR) is 142 cm³/mol. The number of hydrogen-bond acceptors (Lipinski definition) is 7. The Bertz CT molecular complexity index is 1480. The van der Waals surface area contributed by atoms with Crippen molar-refractivity contribution in [2.45, 2.75) is 57.6 Å². The number of anilines is 1. The molecule has 4 rings (SSSR count). The number of sulfonamides is 1. The third-order valence-electron chi connectivity index (χ3n) is 6.89. The molecule has 0 saturated carbocycles. The van der Waals surface area contributed by atoms with Crippen molar-refractivity contribution in [1.29, 1.82) is 0 Å². The number of carbonyl (C=O) groups is 1. The molecule has 2 aromatic heterocycles. The Morgan fingerprint density at radius 3 is 2.54 bits per heavy atom. The van der Waals surface area contributed by atoms with Crippen LogP contribution in [0.3, 0.4) is 0 Å². The van der Waals surface area contributed by atoms with Crippen LogP contribution in [0.1, 0.15) is 51.4 Å². The van der Waals surface area contributed by atoms with Crippen LogP contribution in [0, 0.1) is 5.92 Å². The summed E-state index contributed by atoms with van der Waals surface area (Å²) in [6, 6.07) is 13.3. The van der Waals surface area contributed by atoms with Crippen molar-refractivity contribution in [1.82, 2.24) is 14.7 Å². The smallest absolute Gasteiger partial charge is 0.269 e. The van der Waals surface area contributed by atoms with Gasteiger partial charge in [-0.15, -0.1) is 0 Å². The van der Waals surface area contributed by atoms with E-state index in [-0.39, 0.29) is 17.2 Å². The van der Waals surface area contributed by atoms with E-state index in [9.17, 15) is 18.0 Å². The number of aromatic nitrogens is 2. The minimum absolute atomic E-state index is 0.0459. The van der Waals surface area contributed by atoms with Crippen LogP contribution in [-0.4, -0.2) is 42.5 Å². The lowest BCUT2D eigenvalue weighted by Gasteiger charge is -2.36. The number of benzene rings is 1. The number of pyridine rings is 2. The van der Waals surface area contributed by atoms with Gasteiger partial charge in [0.2, 0.25) is 0 Å². The number of amides is 1. The number of nitrogens with zero attached hydrogens (tertiary/aromatic N) is 2. The summed E-state index contributed by atoms with van der Waals surface area (Å²) in [5.74, 6) is 0.491. The van der Waals surface area contributed by atoms with Crippen LogP contribution in [-0.2, 0) is 10.0 Å². The standard InChI is InChI=1S/C27H32N4O5S/c1-17(2)36-22-10-7-6-9-19(22)21-13-12-20(24(29-21)31-16-14-18(3)27(31,4)5)25(32)30-37(34,35)23-11-8-15-28-26(23)33/h6-13,15,17-18H,14,16H2,1-5H3,(H,28,33)(H,30,32). The molecule has 3 aromatic rings. The summed E-state index contributed by atoms with van der Waals surface area (Å²) in [5.41, 5.74) is 0.319. The van der Waals surface area contributed by atoms with E-state index in [1.54, 1.807) is 12.1 Å². The molecule has 196 valence electrons. The Morgan fingerprint density at radius 1 is 1.16 bits per heavy atom. The summed E-state index contributed by atoms with van der Waals surface area (Å²) in [6.45, 7) is 10.8. The number of ether oxygens (including phenoxy) is 1. The van der Waals surface area contributed by atoms with Crippen LogP contribution in [0.5, 0.6) is 5.75 Å². The normalized spacial score (nSPS) is 17.1. The molecule has 3 heterocycles. The highest BCUT2D eigenvalue weighted by Crippen LogP contribution is 2.40. The number of nitrogens with one attached hydrogen (secondary N) is 2. The van der Waals surface area contributed by atoms with Crippen LogP contribution in [0.15, 0.2) is 64.4 Å². The number of carbonyl (C=O) groups excluding carboxylic acids is 1. The Morgan fingerprint density at radius 2 is 1.89 bits per heavy atom. The van der Waals surface area contributed by atoms with Crippen LogP contribution < -0.4 is 19.9 Å². The number of H-pyrrole nitrogens is 1. The van der Waals surface area contributed by atoms with Crippen LogP contribution >= 0.6 is 0 Å². The summed E-state index contributed by atoms with van der Waals surface area (Å²) in [5, 5.41) is 0. The molecule has 1 aromatic carbocycles. The van der Waals surface area contributed by atoms with Crippen molar-refractivity contribution < 1.29 is 17.9 Å². The highest BCUT2D eigenvalue weighted by Gasteiger charge is 2.41. The number of rotatable bonds is 7. The topological polar surface area (TPSA) is 121 Å². The van der Waals surface area contributed by atoms with Crippen LogP contribution in [0.25, 0.3) is 11.3 Å². The van der Waals surface area contributed by atoms with E-state index in [2.05, 4.69) is 30.5 Å². The summed E-state index contributed by atoms with van der Waals surface area (Å²) < 4.78 is 33.8. The fraction of sp³-hybridized carbons (Fsp3) is 0.370. The number of aromatic amines is 1.